The molecule has 1 aliphatic carbocycles. The van der Waals surface area contributed by atoms with Crippen molar-refractivity contribution >= 4 is 21.8 Å². The molecule has 0 atom stereocenters. The first-order valence-corrected chi connectivity index (χ1v) is 5.60. The third kappa shape index (κ3) is 2.35. The van der Waals surface area contributed by atoms with E-state index in [2.05, 4.69) is 27.0 Å². The number of hydrogen-bond donors (Lipinski definition) is 1. The van der Waals surface area contributed by atoms with Gasteiger partial charge >= 0.3 is 0 Å². The van der Waals surface area contributed by atoms with Crippen LogP contribution in [0.1, 0.15) is 18.4 Å². The average Bonchev–Trinajstić information content (AvgIpc) is 2.99. The lowest BCUT2D eigenvalue weighted by Gasteiger charge is -2.01. The van der Waals surface area contributed by atoms with Crippen molar-refractivity contribution in [2.24, 2.45) is 16.6 Å². The van der Waals surface area contributed by atoms with Gasteiger partial charge in [-0.3, -0.25) is 4.99 Å². The lowest BCUT2D eigenvalue weighted by molar-refractivity contribution is 1.01. The van der Waals surface area contributed by atoms with Crippen molar-refractivity contribution in [3.8, 4) is 0 Å². The molecule has 1 fully saturated rings. The predicted octanol–water partition coefficient (Wildman–Crippen LogP) is 2.72. The highest BCUT2D eigenvalue weighted by Gasteiger charge is 2.25. The molecular weight excluding hydrogens is 240 g/mol. The van der Waals surface area contributed by atoms with Crippen molar-refractivity contribution in [1.82, 2.24) is 0 Å². The molecule has 3 heteroatoms. The Bertz CT molecular complexity index is 356. The fourth-order valence-electron chi connectivity index (χ4n) is 1.31. The van der Waals surface area contributed by atoms with Crippen molar-refractivity contribution < 1.29 is 0 Å². The maximum atomic E-state index is 5.81. The summed E-state index contributed by atoms with van der Waals surface area (Å²) >= 11 is 3.49. The molecule has 0 unspecified atom stereocenters. The number of aliphatic imine (C=N–C) groups is 1. The van der Waals surface area contributed by atoms with Crippen LogP contribution < -0.4 is 5.73 Å². The molecule has 1 aromatic rings. The normalized spacial score (nSPS) is 17.1. The number of hydrogen-bond acceptors (Lipinski definition) is 1. The van der Waals surface area contributed by atoms with E-state index in [0.29, 0.717) is 12.5 Å². The highest BCUT2D eigenvalue weighted by molar-refractivity contribution is 9.10. The molecule has 0 aliphatic heterocycles. The van der Waals surface area contributed by atoms with Crippen LogP contribution in [0.25, 0.3) is 0 Å². The lowest BCUT2D eigenvalue weighted by atomic mass is 10.2. The van der Waals surface area contributed by atoms with Gasteiger partial charge in [0.2, 0.25) is 0 Å². The van der Waals surface area contributed by atoms with Gasteiger partial charge < -0.3 is 5.73 Å². The summed E-state index contributed by atoms with van der Waals surface area (Å²) in [4.78, 5) is 4.38. The largest absolute Gasteiger partial charge is 0.387 e. The number of halogens is 1. The van der Waals surface area contributed by atoms with E-state index in [0.717, 1.165) is 10.3 Å². The van der Waals surface area contributed by atoms with Crippen molar-refractivity contribution in [2.75, 3.05) is 0 Å². The van der Waals surface area contributed by atoms with Gasteiger partial charge in [0.15, 0.2) is 0 Å². The Morgan fingerprint density at radius 2 is 2.14 bits per heavy atom. The summed E-state index contributed by atoms with van der Waals surface area (Å²) in [5, 5.41) is 0. The quantitative estimate of drug-likeness (QED) is 0.652. The second-order valence-corrected chi connectivity index (χ2v) is 4.46. The topological polar surface area (TPSA) is 38.4 Å². The fraction of sp³-hybridized carbons (Fsp3) is 0.364. The molecule has 1 aromatic carbocycles. The summed E-state index contributed by atoms with van der Waals surface area (Å²) in [6.45, 7) is 0.684. The predicted molar refractivity (Wildman–Crippen MR) is 62.2 cm³/mol. The molecule has 14 heavy (non-hydrogen) atoms. The molecule has 0 radical (unpaired) electrons. The van der Waals surface area contributed by atoms with Crippen LogP contribution in [-0.2, 0) is 6.54 Å². The van der Waals surface area contributed by atoms with Crippen LogP contribution >= 0.6 is 15.9 Å². The van der Waals surface area contributed by atoms with Gasteiger partial charge in [-0.1, -0.05) is 34.1 Å². The molecule has 2 N–H and O–H groups in total. The van der Waals surface area contributed by atoms with Gasteiger partial charge in [-0.15, -0.1) is 0 Å². The second kappa shape index (κ2) is 4.13. The lowest BCUT2D eigenvalue weighted by Crippen LogP contribution is -2.14. The fourth-order valence-corrected chi connectivity index (χ4v) is 1.72. The van der Waals surface area contributed by atoms with E-state index >= 15 is 0 Å². The molecule has 0 amide bonds. The molecule has 0 saturated heterocycles. The van der Waals surface area contributed by atoms with Crippen LogP contribution in [0.15, 0.2) is 33.7 Å². The summed E-state index contributed by atoms with van der Waals surface area (Å²) < 4.78 is 1.10. The van der Waals surface area contributed by atoms with Gasteiger partial charge in [0.05, 0.1) is 12.4 Å². The zero-order valence-electron chi connectivity index (χ0n) is 7.91. The van der Waals surface area contributed by atoms with Gasteiger partial charge in [-0.25, -0.2) is 0 Å². The summed E-state index contributed by atoms with van der Waals surface area (Å²) in [6.07, 6.45) is 2.43. The highest BCUT2D eigenvalue weighted by atomic mass is 79.9. The molecule has 0 spiro atoms. The molecule has 2 nitrogen and oxygen atoms in total. The molecule has 2 rings (SSSR count). The Balaban J connectivity index is 2.03. The van der Waals surface area contributed by atoms with Gasteiger partial charge in [0.1, 0.15) is 0 Å². The average molecular weight is 253 g/mol. The van der Waals surface area contributed by atoms with Crippen LogP contribution in [0, 0.1) is 5.92 Å². The van der Waals surface area contributed by atoms with Crippen LogP contribution in [-0.4, -0.2) is 5.84 Å². The molecule has 0 heterocycles. The van der Waals surface area contributed by atoms with Gasteiger partial charge in [-0.2, -0.15) is 0 Å². The number of benzene rings is 1. The Kier molecular flexibility index (Phi) is 2.87. The van der Waals surface area contributed by atoms with Crippen LogP contribution in [0.3, 0.4) is 0 Å². The van der Waals surface area contributed by atoms with Crippen molar-refractivity contribution in [3.05, 3.63) is 34.3 Å². The zero-order valence-corrected chi connectivity index (χ0v) is 9.50. The molecule has 0 aromatic heterocycles. The minimum atomic E-state index is 0.567. The Labute approximate surface area is 92.4 Å². The smallest absolute Gasteiger partial charge is 0.0972 e. The summed E-state index contributed by atoms with van der Waals surface area (Å²) in [6, 6.07) is 8.11. The van der Waals surface area contributed by atoms with Gasteiger partial charge in [0.25, 0.3) is 0 Å². The summed E-state index contributed by atoms with van der Waals surface area (Å²) in [5.74, 6) is 1.39. The van der Waals surface area contributed by atoms with E-state index in [1.54, 1.807) is 0 Å². The van der Waals surface area contributed by atoms with Crippen molar-refractivity contribution in [3.63, 3.8) is 0 Å². The van der Waals surface area contributed by atoms with E-state index in [9.17, 15) is 0 Å². The SMILES string of the molecule is NC(=NCc1ccccc1Br)C1CC1. The van der Waals surface area contributed by atoms with Gasteiger partial charge in [-0.05, 0) is 24.5 Å². The molecule has 0 bridgehead atoms. The number of amidine groups is 1. The van der Waals surface area contributed by atoms with Crippen molar-refractivity contribution in [1.29, 1.82) is 0 Å². The number of rotatable bonds is 3. The summed E-state index contributed by atoms with van der Waals surface area (Å²) in [7, 11) is 0. The summed E-state index contributed by atoms with van der Waals surface area (Å²) in [5.41, 5.74) is 7.00. The van der Waals surface area contributed by atoms with Crippen LogP contribution in [0.4, 0.5) is 0 Å². The minimum absolute atomic E-state index is 0.567. The Morgan fingerprint density at radius 3 is 2.79 bits per heavy atom. The maximum absolute atomic E-state index is 5.81. The number of nitrogens with zero attached hydrogens (tertiary/aromatic N) is 1. The minimum Gasteiger partial charge on any atom is -0.387 e. The van der Waals surface area contributed by atoms with E-state index in [4.69, 9.17) is 5.73 Å². The van der Waals surface area contributed by atoms with Crippen LogP contribution in [0.2, 0.25) is 0 Å². The molecule has 1 saturated carbocycles. The first-order valence-electron chi connectivity index (χ1n) is 4.80. The standard InChI is InChI=1S/C11H13BrN2/c12-10-4-2-1-3-9(10)7-14-11(13)8-5-6-8/h1-4,8H,5-7H2,(H2,13,14). The monoisotopic (exact) mass is 252 g/mol. The van der Waals surface area contributed by atoms with E-state index in [1.807, 2.05) is 18.2 Å². The third-order valence-electron chi connectivity index (χ3n) is 2.39. The molecular formula is C11H13BrN2. The highest BCUT2D eigenvalue weighted by Crippen LogP contribution is 2.29. The Morgan fingerprint density at radius 1 is 1.43 bits per heavy atom. The second-order valence-electron chi connectivity index (χ2n) is 3.61. The van der Waals surface area contributed by atoms with E-state index < -0.39 is 0 Å². The van der Waals surface area contributed by atoms with Crippen molar-refractivity contribution in [2.45, 2.75) is 19.4 Å². The first-order chi connectivity index (χ1) is 6.77. The number of nitrogens with two attached hydrogens (primary N) is 1. The maximum Gasteiger partial charge on any atom is 0.0972 e. The Hall–Kier alpha value is -0.830. The van der Waals surface area contributed by atoms with Crippen LogP contribution in [0.5, 0.6) is 0 Å². The first kappa shape index (κ1) is 9.71. The molecule has 1 aliphatic rings. The van der Waals surface area contributed by atoms with Gasteiger partial charge in [0, 0.05) is 10.4 Å². The van der Waals surface area contributed by atoms with E-state index in [-0.39, 0.29) is 0 Å². The third-order valence-corrected chi connectivity index (χ3v) is 3.16. The zero-order chi connectivity index (χ0) is 9.97. The molecule has 74 valence electrons. The van der Waals surface area contributed by atoms with E-state index in [1.165, 1.54) is 18.4 Å².